The number of amides is 1. The van der Waals surface area contributed by atoms with E-state index in [1.54, 1.807) is 18.2 Å². The summed E-state index contributed by atoms with van der Waals surface area (Å²) in [6.45, 7) is 3.74. The first-order valence-corrected chi connectivity index (χ1v) is 11.9. The molecule has 0 saturated carbocycles. The van der Waals surface area contributed by atoms with Gasteiger partial charge in [-0.05, 0) is 43.2 Å². The molecule has 0 aliphatic heterocycles. The molecule has 0 aliphatic rings. The van der Waals surface area contributed by atoms with Gasteiger partial charge in [0.25, 0.3) is 0 Å². The number of H-pyrrole nitrogens is 1. The fourth-order valence-electron chi connectivity index (χ4n) is 4.39. The molecule has 0 atom stereocenters. The summed E-state index contributed by atoms with van der Waals surface area (Å²) in [6, 6.07) is 24.1. The summed E-state index contributed by atoms with van der Waals surface area (Å²) >= 11 is 0. The number of aromatic amines is 1. The quantitative estimate of drug-likeness (QED) is 0.332. The van der Waals surface area contributed by atoms with Crippen molar-refractivity contribution in [1.29, 1.82) is 0 Å². The molecular formula is C28H25N5O4. The lowest BCUT2D eigenvalue weighted by molar-refractivity contribution is -0.122. The van der Waals surface area contributed by atoms with E-state index in [-0.39, 0.29) is 24.4 Å². The molecule has 5 aromatic rings. The summed E-state index contributed by atoms with van der Waals surface area (Å²) in [7, 11) is 0. The molecule has 5 rings (SSSR count). The molecule has 186 valence electrons. The Morgan fingerprint density at radius 2 is 1.62 bits per heavy atom. The third-order valence-electron chi connectivity index (χ3n) is 6.10. The topological polar surface area (TPSA) is 123 Å². The highest BCUT2D eigenvalue weighted by Gasteiger charge is 2.23. The molecule has 0 saturated heterocycles. The van der Waals surface area contributed by atoms with Crippen molar-refractivity contribution in [2.45, 2.75) is 32.4 Å². The highest BCUT2D eigenvalue weighted by molar-refractivity contribution is 5.87. The van der Waals surface area contributed by atoms with Crippen LogP contribution in [0.1, 0.15) is 42.8 Å². The highest BCUT2D eigenvalue weighted by atomic mass is 16.5. The first-order chi connectivity index (χ1) is 17.9. The SMILES string of the molecule is CC(C)n1c(=O)c(=O)[nH]c2cc(-c3noc(CNC(=O)C(c4ccccc4)c4ccccc4)n3)ccc21. The van der Waals surface area contributed by atoms with Crippen molar-refractivity contribution in [3.63, 3.8) is 0 Å². The Balaban J connectivity index is 1.37. The van der Waals surface area contributed by atoms with Crippen LogP contribution in [0.15, 0.2) is 93.0 Å². The van der Waals surface area contributed by atoms with E-state index in [0.717, 1.165) is 11.1 Å². The molecule has 9 nitrogen and oxygen atoms in total. The van der Waals surface area contributed by atoms with Crippen LogP contribution in [0, 0.1) is 0 Å². The molecule has 2 N–H and O–H groups in total. The van der Waals surface area contributed by atoms with Crippen molar-refractivity contribution < 1.29 is 9.32 Å². The summed E-state index contributed by atoms with van der Waals surface area (Å²) in [4.78, 5) is 44.7. The lowest BCUT2D eigenvalue weighted by Gasteiger charge is -2.17. The smallest absolute Gasteiger partial charge is 0.316 e. The normalized spacial score (nSPS) is 11.4. The van der Waals surface area contributed by atoms with Crippen LogP contribution in [-0.4, -0.2) is 25.6 Å². The van der Waals surface area contributed by atoms with Gasteiger partial charge in [-0.15, -0.1) is 0 Å². The highest BCUT2D eigenvalue weighted by Crippen LogP contribution is 2.25. The molecule has 0 spiro atoms. The van der Waals surface area contributed by atoms with Gasteiger partial charge >= 0.3 is 11.1 Å². The second kappa shape index (κ2) is 10.1. The maximum absolute atomic E-state index is 13.2. The van der Waals surface area contributed by atoms with Crippen molar-refractivity contribution >= 4 is 16.9 Å². The Hall–Kier alpha value is -4.79. The van der Waals surface area contributed by atoms with E-state index >= 15 is 0 Å². The molecule has 1 amide bonds. The molecule has 0 aliphatic carbocycles. The Labute approximate surface area is 211 Å². The molecule has 0 unspecified atom stereocenters. The van der Waals surface area contributed by atoms with Crippen molar-refractivity contribution in [2.24, 2.45) is 0 Å². The van der Waals surface area contributed by atoms with Crippen LogP contribution in [0.4, 0.5) is 0 Å². The number of carbonyl (C=O) groups excluding carboxylic acids is 1. The zero-order chi connectivity index (χ0) is 25.9. The summed E-state index contributed by atoms with van der Waals surface area (Å²) in [5, 5.41) is 6.94. The van der Waals surface area contributed by atoms with Gasteiger partial charge in [0.1, 0.15) is 0 Å². The Morgan fingerprint density at radius 1 is 0.973 bits per heavy atom. The molecular weight excluding hydrogens is 470 g/mol. The number of hydrogen-bond acceptors (Lipinski definition) is 6. The maximum atomic E-state index is 13.2. The van der Waals surface area contributed by atoms with E-state index in [1.807, 2.05) is 74.5 Å². The van der Waals surface area contributed by atoms with E-state index in [2.05, 4.69) is 20.4 Å². The van der Waals surface area contributed by atoms with Gasteiger partial charge in [0.15, 0.2) is 0 Å². The Bertz CT molecular complexity index is 1630. The molecule has 37 heavy (non-hydrogen) atoms. The van der Waals surface area contributed by atoms with Crippen LogP contribution in [0.2, 0.25) is 0 Å². The molecule has 2 heterocycles. The second-order valence-electron chi connectivity index (χ2n) is 8.94. The van der Waals surface area contributed by atoms with E-state index in [4.69, 9.17) is 4.52 Å². The summed E-state index contributed by atoms with van der Waals surface area (Å²) in [6.07, 6.45) is 0. The summed E-state index contributed by atoms with van der Waals surface area (Å²) < 4.78 is 6.82. The predicted octanol–water partition coefficient (Wildman–Crippen LogP) is 3.77. The van der Waals surface area contributed by atoms with E-state index < -0.39 is 17.0 Å². The summed E-state index contributed by atoms with van der Waals surface area (Å²) in [5.41, 5.74) is 2.16. The zero-order valence-corrected chi connectivity index (χ0v) is 20.3. The van der Waals surface area contributed by atoms with E-state index in [0.29, 0.717) is 22.4 Å². The number of hydrogen-bond donors (Lipinski definition) is 2. The van der Waals surface area contributed by atoms with Crippen LogP contribution in [0.5, 0.6) is 0 Å². The molecule has 0 fully saturated rings. The average molecular weight is 496 g/mol. The minimum atomic E-state index is -0.693. The van der Waals surface area contributed by atoms with Gasteiger partial charge < -0.3 is 14.8 Å². The van der Waals surface area contributed by atoms with Crippen molar-refractivity contribution in [3.8, 4) is 11.4 Å². The average Bonchev–Trinajstić information content (AvgIpc) is 3.38. The minimum Gasteiger partial charge on any atom is -0.346 e. The zero-order valence-electron chi connectivity index (χ0n) is 20.3. The number of rotatable bonds is 7. The predicted molar refractivity (Wildman–Crippen MR) is 139 cm³/mol. The van der Waals surface area contributed by atoms with Crippen LogP contribution in [-0.2, 0) is 11.3 Å². The van der Waals surface area contributed by atoms with Gasteiger partial charge in [-0.1, -0.05) is 65.8 Å². The van der Waals surface area contributed by atoms with Crippen molar-refractivity contribution in [1.82, 2.24) is 25.0 Å². The van der Waals surface area contributed by atoms with Gasteiger partial charge in [-0.3, -0.25) is 19.0 Å². The van der Waals surface area contributed by atoms with Gasteiger partial charge in [-0.2, -0.15) is 4.98 Å². The fraction of sp³-hybridized carbons (Fsp3) is 0.179. The second-order valence-corrected chi connectivity index (χ2v) is 8.94. The van der Waals surface area contributed by atoms with Crippen LogP contribution in [0.25, 0.3) is 22.4 Å². The van der Waals surface area contributed by atoms with Crippen LogP contribution < -0.4 is 16.4 Å². The van der Waals surface area contributed by atoms with Gasteiger partial charge in [0, 0.05) is 11.6 Å². The van der Waals surface area contributed by atoms with Crippen LogP contribution >= 0.6 is 0 Å². The minimum absolute atomic E-state index is 0.0549. The van der Waals surface area contributed by atoms with Gasteiger partial charge in [0.2, 0.25) is 17.6 Å². The van der Waals surface area contributed by atoms with Crippen LogP contribution in [0.3, 0.4) is 0 Å². The molecule has 0 bridgehead atoms. The number of carbonyl (C=O) groups is 1. The number of benzene rings is 3. The first kappa shape index (κ1) is 23.9. The lowest BCUT2D eigenvalue weighted by Crippen LogP contribution is -2.37. The first-order valence-electron chi connectivity index (χ1n) is 11.9. The number of nitrogens with one attached hydrogen (secondary N) is 2. The Morgan fingerprint density at radius 3 is 2.24 bits per heavy atom. The summed E-state index contributed by atoms with van der Waals surface area (Å²) in [5.74, 6) is -0.131. The number of fused-ring (bicyclic) bond motifs is 1. The van der Waals surface area contributed by atoms with E-state index in [1.165, 1.54) is 4.57 Å². The van der Waals surface area contributed by atoms with Crippen molar-refractivity contribution in [2.75, 3.05) is 0 Å². The third-order valence-corrected chi connectivity index (χ3v) is 6.10. The van der Waals surface area contributed by atoms with E-state index in [9.17, 15) is 14.4 Å². The maximum Gasteiger partial charge on any atom is 0.316 e. The van der Waals surface area contributed by atoms with Crippen molar-refractivity contribution in [3.05, 3.63) is 117 Å². The largest absolute Gasteiger partial charge is 0.346 e. The monoisotopic (exact) mass is 495 g/mol. The number of aromatic nitrogens is 4. The molecule has 9 heteroatoms. The molecule has 2 aromatic heterocycles. The lowest BCUT2D eigenvalue weighted by atomic mass is 9.90. The van der Waals surface area contributed by atoms with Gasteiger partial charge in [0.05, 0.1) is 23.5 Å². The Kier molecular flexibility index (Phi) is 6.51. The third kappa shape index (κ3) is 4.84. The molecule has 3 aromatic carbocycles. The molecule has 0 radical (unpaired) electrons. The number of nitrogens with zero attached hydrogens (tertiary/aromatic N) is 3. The fourth-order valence-corrected chi connectivity index (χ4v) is 4.39. The van der Waals surface area contributed by atoms with Gasteiger partial charge in [-0.25, -0.2) is 0 Å². The standard InChI is InChI=1S/C28H25N5O4/c1-17(2)33-22-14-13-20(15-21(22)30-27(35)28(33)36)25-31-23(37-32-25)16-29-26(34)24(18-9-5-3-6-10-18)19-11-7-4-8-12-19/h3-15,17,24H,16H2,1-2H3,(H,29,34)(H,30,35).